The minimum absolute atomic E-state index is 0.0128. The van der Waals surface area contributed by atoms with Crippen LogP contribution in [0, 0.1) is 64.1 Å². The van der Waals surface area contributed by atoms with Crippen molar-refractivity contribution in [2.45, 2.75) is 116 Å². The van der Waals surface area contributed by atoms with Gasteiger partial charge in [0.25, 0.3) is 0 Å². The van der Waals surface area contributed by atoms with Crippen molar-refractivity contribution in [1.29, 1.82) is 0 Å². The maximum absolute atomic E-state index is 13.0. The van der Waals surface area contributed by atoms with Gasteiger partial charge in [0.15, 0.2) is 0 Å². The van der Waals surface area contributed by atoms with E-state index in [4.69, 9.17) is 10.5 Å². The molecule has 0 aromatic rings. The number of carbonyl (C=O) groups excluding carboxylic acids is 1. The Balaban J connectivity index is 1.15. The van der Waals surface area contributed by atoms with E-state index in [1.54, 1.807) is 0 Å². The van der Waals surface area contributed by atoms with Crippen LogP contribution in [0.4, 0.5) is 0 Å². The molecule has 0 amide bonds. The van der Waals surface area contributed by atoms with Gasteiger partial charge in [-0.1, -0.05) is 34.1 Å². The van der Waals surface area contributed by atoms with Gasteiger partial charge < -0.3 is 15.6 Å². The predicted octanol–water partition coefficient (Wildman–Crippen LogP) is 6.04. The number of hydrogen-bond acceptors (Lipinski definition) is 4. The third-order valence-electron chi connectivity index (χ3n) is 13.8. The molecule has 5 nitrogen and oxygen atoms in total. The van der Waals surface area contributed by atoms with Gasteiger partial charge in [0.05, 0.1) is 11.8 Å². The van der Waals surface area contributed by atoms with Gasteiger partial charge in [-0.3, -0.25) is 9.59 Å². The molecule has 0 radical (unpaired) electrons. The zero-order chi connectivity index (χ0) is 25.6. The molecule has 0 heterocycles. The molecule has 6 rings (SSSR count). The lowest BCUT2D eigenvalue weighted by atomic mass is 9.39. The number of esters is 1. The average molecular weight is 500 g/mol. The monoisotopic (exact) mass is 499 g/mol. The van der Waals surface area contributed by atoms with Crippen LogP contribution in [0.25, 0.3) is 0 Å². The van der Waals surface area contributed by atoms with Crippen LogP contribution in [0.3, 0.4) is 0 Å². The number of fused-ring (bicyclic) bond motifs is 7. The van der Waals surface area contributed by atoms with Crippen molar-refractivity contribution in [3.63, 3.8) is 0 Å². The van der Waals surface area contributed by atoms with Crippen LogP contribution in [0.5, 0.6) is 0 Å². The molecule has 6 aliphatic rings. The van der Waals surface area contributed by atoms with Gasteiger partial charge in [0, 0.05) is 5.54 Å². The minimum atomic E-state index is -0.781. The molecule has 0 saturated heterocycles. The Hall–Kier alpha value is -1.10. The highest BCUT2D eigenvalue weighted by atomic mass is 16.5. The van der Waals surface area contributed by atoms with Crippen LogP contribution < -0.4 is 5.73 Å². The van der Waals surface area contributed by atoms with Crippen LogP contribution in [0.2, 0.25) is 0 Å². The molecule has 6 aliphatic carbocycles. The fraction of sp³-hybridized carbons (Fsp3) is 0.935. The van der Waals surface area contributed by atoms with Gasteiger partial charge in [-0.15, -0.1) is 0 Å². The van der Waals surface area contributed by atoms with Crippen molar-refractivity contribution in [2.24, 2.45) is 69.8 Å². The fourth-order valence-corrected chi connectivity index (χ4v) is 11.5. The topological polar surface area (TPSA) is 89.6 Å². The molecule has 6 fully saturated rings. The summed E-state index contributed by atoms with van der Waals surface area (Å²) in [5.74, 6) is 2.46. The van der Waals surface area contributed by atoms with E-state index >= 15 is 0 Å². The molecule has 13 atom stereocenters. The number of nitrogens with two attached hydrogens (primary N) is 1. The van der Waals surface area contributed by atoms with Crippen molar-refractivity contribution in [3.8, 4) is 0 Å². The lowest BCUT2D eigenvalue weighted by Gasteiger charge is -2.67. The highest BCUT2D eigenvalue weighted by Gasteiger charge is 2.64. The highest BCUT2D eigenvalue weighted by molar-refractivity contribution is 5.80. The molecule has 0 aromatic heterocycles. The Labute approximate surface area is 217 Å². The number of aliphatic carboxylic acids is 1. The highest BCUT2D eigenvalue weighted by Crippen LogP contribution is 2.70. The molecule has 11 unspecified atom stereocenters. The quantitative estimate of drug-likeness (QED) is 0.462. The van der Waals surface area contributed by atoms with Crippen molar-refractivity contribution < 1.29 is 19.4 Å². The summed E-state index contributed by atoms with van der Waals surface area (Å²) >= 11 is 0. The van der Waals surface area contributed by atoms with Gasteiger partial charge in [0.1, 0.15) is 6.10 Å². The number of ether oxygens (including phenoxy) is 1. The zero-order valence-corrected chi connectivity index (χ0v) is 23.0. The van der Waals surface area contributed by atoms with Crippen LogP contribution in [-0.2, 0) is 14.3 Å². The summed E-state index contributed by atoms with van der Waals surface area (Å²) in [6, 6.07) is 0. The lowest BCUT2D eigenvalue weighted by molar-refractivity contribution is -0.195. The summed E-state index contributed by atoms with van der Waals surface area (Å²) in [6.07, 6.45) is 14.3. The number of carbonyl (C=O) groups is 2. The Bertz CT molecular complexity index is 920. The van der Waals surface area contributed by atoms with Gasteiger partial charge >= 0.3 is 11.9 Å². The first-order chi connectivity index (χ1) is 17.0. The summed E-state index contributed by atoms with van der Waals surface area (Å²) in [5, 5.41) is 9.31. The lowest BCUT2D eigenvalue weighted by Crippen LogP contribution is -2.63. The number of hydrogen-bond donors (Lipinski definition) is 2. The maximum Gasteiger partial charge on any atom is 0.309 e. The standard InChI is InChI=1S/C31H49NO4/c1-17-19(27(33)34)16-20(17)28(35)36-26-11-13-29(3)21(18(26)2)7-8-23-22(29)9-10-24-25-6-5-12-31(25,32)15-14-30(23,24)4/h17-26H,5-16,32H2,1-4H3,(H,33,34)/t17?,18?,19?,20?,21?,22?,23?,24?,25-,26?,29?,30+,31?/m1/s1. The van der Waals surface area contributed by atoms with E-state index in [-0.39, 0.29) is 29.4 Å². The van der Waals surface area contributed by atoms with Crippen molar-refractivity contribution in [1.82, 2.24) is 0 Å². The third kappa shape index (κ3) is 3.42. The summed E-state index contributed by atoms with van der Waals surface area (Å²) in [7, 11) is 0. The summed E-state index contributed by atoms with van der Waals surface area (Å²) in [6.45, 7) is 9.46. The molecule has 0 bridgehead atoms. The van der Waals surface area contributed by atoms with Crippen molar-refractivity contribution >= 4 is 11.9 Å². The number of carboxylic acids is 1. The van der Waals surface area contributed by atoms with Crippen LogP contribution in [-0.4, -0.2) is 28.7 Å². The third-order valence-corrected chi connectivity index (χ3v) is 13.8. The first kappa shape index (κ1) is 25.2. The van der Waals surface area contributed by atoms with E-state index in [2.05, 4.69) is 20.8 Å². The van der Waals surface area contributed by atoms with Crippen molar-refractivity contribution in [2.75, 3.05) is 0 Å². The molecule has 5 heteroatoms. The molecule has 202 valence electrons. The zero-order valence-electron chi connectivity index (χ0n) is 23.0. The normalized spacial score (nSPS) is 55.8. The van der Waals surface area contributed by atoms with E-state index in [9.17, 15) is 14.7 Å². The Morgan fingerprint density at radius 3 is 2.00 bits per heavy atom. The van der Waals surface area contributed by atoms with E-state index in [1.807, 2.05) is 6.92 Å². The summed E-state index contributed by atoms with van der Waals surface area (Å²) < 4.78 is 6.15. The largest absolute Gasteiger partial charge is 0.481 e. The van der Waals surface area contributed by atoms with E-state index in [0.717, 1.165) is 36.5 Å². The van der Waals surface area contributed by atoms with E-state index in [1.165, 1.54) is 57.8 Å². The second-order valence-electron chi connectivity index (χ2n) is 14.8. The second-order valence-corrected chi connectivity index (χ2v) is 14.8. The maximum atomic E-state index is 13.0. The second kappa shape index (κ2) is 8.45. The Morgan fingerprint density at radius 2 is 1.36 bits per heavy atom. The van der Waals surface area contributed by atoms with E-state index in [0.29, 0.717) is 29.1 Å². The van der Waals surface area contributed by atoms with Crippen LogP contribution in [0.1, 0.15) is 105 Å². The van der Waals surface area contributed by atoms with Gasteiger partial charge in [0.2, 0.25) is 0 Å². The minimum Gasteiger partial charge on any atom is -0.481 e. The molecule has 0 aromatic carbocycles. The smallest absolute Gasteiger partial charge is 0.309 e. The van der Waals surface area contributed by atoms with Crippen molar-refractivity contribution in [3.05, 3.63) is 0 Å². The first-order valence-electron chi connectivity index (χ1n) is 15.2. The molecular weight excluding hydrogens is 450 g/mol. The molecule has 0 spiro atoms. The van der Waals surface area contributed by atoms with Crippen LogP contribution in [0.15, 0.2) is 0 Å². The van der Waals surface area contributed by atoms with Gasteiger partial charge in [-0.25, -0.2) is 0 Å². The number of rotatable bonds is 3. The van der Waals surface area contributed by atoms with E-state index < -0.39 is 11.9 Å². The number of carboxylic acid groups (broad SMARTS) is 1. The molecular formula is C31H49NO4. The van der Waals surface area contributed by atoms with Gasteiger partial charge in [-0.05, 0) is 123 Å². The molecule has 6 saturated carbocycles. The van der Waals surface area contributed by atoms with Gasteiger partial charge in [-0.2, -0.15) is 0 Å². The predicted molar refractivity (Wildman–Crippen MR) is 139 cm³/mol. The SMILES string of the molecule is CC1C(C(=O)O)CC1C(=O)OC1CCC2(C)C(CCC3C2CCC2[C@H]4CCCC4(N)CC[C@@]32C)C1C. The molecule has 0 aliphatic heterocycles. The average Bonchev–Trinajstić information content (AvgIpc) is 3.21. The summed E-state index contributed by atoms with van der Waals surface area (Å²) in [4.78, 5) is 24.3. The summed E-state index contributed by atoms with van der Waals surface area (Å²) in [5.41, 5.74) is 7.91. The molecule has 36 heavy (non-hydrogen) atoms. The first-order valence-corrected chi connectivity index (χ1v) is 15.2. The Kier molecular flexibility index (Phi) is 5.91. The Morgan fingerprint density at radius 1 is 0.750 bits per heavy atom. The molecule has 3 N–H and O–H groups in total. The fourth-order valence-electron chi connectivity index (χ4n) is 11.5. The van der Waals surface area contributed by atoms with Crippen LogP contribution >= 0.6 is 0 Å².